The summed E-state index contributed by atoms with van der Waals surface area (Å²) in [6.45, 7) is 4.22. The molecule has 0 aliphatic heterocycles. The molecule has 1 amide bonds. The number of ether oxygens (including phenoxy) is 1. The highest BCUT2D eigenvalue weighted by Gasteiger charge is 2.21. The second-order valence-electron chi connectivity index (χ2n) is 4.17. The number of methoxy groups -OCH3 is 1. The Balaban J connectivity index is 2.67. The topological polar surface area (TPSA) is 55.6 Å². The van der Waals surface area contributed by atoms with Crippen LogP contribution >= 0.6 is 11.3 Å². The van der Waals surface area contributed by atoms with E-state index in [9.17, 15) is 4.79 Å². The van der Waals surface area contributed by atoms with E-state index in [0.717, 1.165) is 6.42 Å². The van der Waals surface area contributed by atoms with Crippen LogP contribution in [0.5, 0.6) is 0 Å². The largest absolute Gasteiger partial charge is 0.383 e. The maximum atomic E-state index is 12.3. The van der Waals surface area contributed by atoms with Crippen molar-refractivity contribution < 1.29 is 9.53 Å². The van der Waals surface area contributed by atoms with E-state index in [1.165, 1.54) is 4.88 Å². The quantitative estimate of drug-likeness (QED) is 0.782. The monoisotopic (exact) mass is 270 g/mol. The predicted molar refractivity (Wildman–Crippen MR) is 74.4 cm³/mol. The summed E-state index contributed by atoms with van der Waals surface area (Å²) in [6, 6.07) is 4.04. The third kappa shape index (κ3) is 4.40. The normalized spacial score (nSPS) is 12.4. The van der Waals surface area contributed by atoms with Gasteiger partial charge in [-0.1, -0.05) is 13.0 Å². The molecule has 0 aromatic carbocycles. The second kappa shape index (κ2) is 8.24. The molecule has 0 spiro atoms. The van der Waals surface area contributed by atoms with Crippen LogP contribution in [0.3, 0.4) is 0 Å². The first-order valence-electron chi connectivity index (χ1n) is 6.23. The molecule has 1 atom stereocenters. The van der Waals surface area contributed by atoms with Crippen LogP contribution in [0.4, 0.5) is 0 Å². The molecule has 1 heterocycles. The van der Waals surface area contributed by atoms with Gasteiger partial charge < -0.3 is 15.4 Å². The van der Waals surface area contributed by atoms with E-state index in [1.807, 2.05) is 29.3 Å². The minimum Gasteiger partial charge on any atom is -0.383 e. The Bertz CT molecular complexity index is 337. The third-order valence-electron chi connectivity index (χ3n) is 2.93. The van der Waals surface area contributed by atoms with Crippen molar-refractivity contribution in [2.24, 2.45) is 11.7 Å². The van der Waals surface area contributed by atoms with Gasteiger partial charge in [-0.15, -0.1) is 11.3 Å². The Hall–Kier alpha value is -0.910. The number of rotatable bonds is 8. The van der Waals surface area contributed by atoms with E-state index in [1.54, 1.807) is 18.4 Å². The van der Waals surface area contributed by atoms with Gasteiger partial charge >= 0.3 is 0 Å². The zero-order valence-corrected chi connectivity index (χ0v) is 11.9. The van der Waals surface area contributed by atoms with E-state index in [2.05, 4.69) is 0 Å². The number of thiophene rings is 1. The molecule has 5 heteroatoms. The maximum absolute atomic E-state index is 12.3. The molecule has 2 N–H and O–H groups in total. The number of hydrogen-bond donors (Lipinski definition) is 1. The van der Waals surface area contributed by atoms with Gasteiger partial charge in [0.2, 0.25) is 5.91 Å². The van der Waals surface area contributed by atoms with Crippen LogP contribution in [-0.4, -0.2) is 37.6 Å². The number of nitrogens with two attached hydrogens (primary N) is 1. The number of amides is 1. The summed E-state index contributed by atoms with van der Waals surface area (Å²) in [5, 5.41) is 2.02. The summed E-state index contributed by atoms with van der Waals surface area (Å²) in [6.07, 6.45) is 0.781. The van der Waals surface area contributed by atoms with Gasteiger partial charge in [0.05, 0.1) is 19.1 Å². The zero-order valence-electron chi connectivity index (χ0n) is 11.1. The number of carbonyl (C=O) groups is 1. The summed E-state index contributed by atoms with van der Waals surface area (Å²) in [5.41, 5.74) is 5.65. The number of nitrogens with zero attached hydrogens (tertiary/aromatic N) is 1. The molecule has 102 valence electrons. The van der Waals surface area contributed by atoms with Crippen molar-refractivity contribution in [3.8, 4) is 0 Å². The minimum absolute atomic E-state index is 0.0816. The summed E-state index contributed by atoms with van der Waals surface area (Å²) in [7, 11) is 1.65. The summed E-state index contributed by atoms with van der Waals surface area (Å²) < 4.78 is 5.07. The SMILES string of the molecule is CCC(CN)C(=O)N(CCOC)Cc1cccs1. The highest BCUT2D eigenvalue weighted by Crippen LogP contribution is 2.15. The van der Waals surface area contributed by atoms with Crippen molar-refractivity contribution in [3.05, 3.63) is 22.4 Å². The van der Waals surface area contributed by atoms with E-state index in [-0.39, 0.29) is 11.8 Å². The van der Waals surface area contributed by atoms with Gasteiger partial charge in [-0.3, -0.25) is 4.79 Å². The lowest BCUT2D eigenvalue weighted by molar-refractivity contribution is -0.136. The van der Waals surface area contributed by atoms with E-state index < -0.39 is 0 Å². The van der Waals surface area contributed by atoms with Gasteiger partial charge in [-0.05, 0) is 17.9 Å². The molecule has 1 aromatic heterocycles. The van der Waals surface area contributed by atoms with Crippen LogP contribution in [0.25, 0.3) is 0 Å². The smallest absolute Gasteiger partial charge is 0.227 e. The van der Waals surface area contributed by atoms with Gasteiger partial charge in [0.1, 0.15) is 0 Å². The highest BCUT2D eigenvalue weighted by molar-refractivity contribution is 7.09. The molecule has 4 nitrogen and oxygen atoms in total. The lowest BCUT2D eigenvalue weighted by atomic mass is 10.1. The van der Waals surface area contributed by atoms with Crippen LogP contribution in [0.2, 0.25) is 0 Å². The maximum Gasteiger partial charge on any atom is 0.227 e. The van der Waals surface area contributed by atoms with Gasteiger partial charge in [0.15, 0.2) is 0 Å². The summed E-state index contributed by atoms with van der Waals surface area (Å²) in [5.74, 6) is 0.0484. The van der Waals surface area contributed by atoms with Crippen molar-refractivity contribution >= 4 is 17.2 Å². The summed E-state index contributed by atoms with van der Waals surface area (Å²) in [4.78, 5) is 15.4. The first-order chi connectivity index (χ1) is 8.72. The van der Waals surface area contributed by atoms with Gasteiger partial charge in [-0.25, -0.2) is 0 Å². The Morgan fingerprint density at radius 1 is 1.61 bits per heavy atom. The van der Waals surface area contributed by atoms with Crippen LogP contribution in [0.1, 0.15) is 18.2 Å². The molecule has 0 bridgehead atoms. The Kier molecular flexibility index (Phi) is 6.93. The standard InChI is InChI=1S/C13H22N2O2S/c1-3-11(9-14)13(16)15(6-7-17-2)10-12-5-4-8-18-12/h4-5,8,11H,3,6-7,9-10,14H2,1-2H3. The van der Waals surface area contributed by atoms with Crippen molar-refractivity contribution in [2.45, 2.75) is 19.9 Å². The minimum atomic E-state index is -0.0816. The Labute approximate surface area is 113 Å². The first kappa shape index (κ1) is 15.1. The van der Waals surface area contributed by atoms with Crippen molar-refractivity contribution in [1.29, 1.82) is 0 Å². The van der Waals surface area contributed by atoms with Crippen LogP contribution < -0.4 is 5.73 Å². The van der Waals surface area contributed by atoms with E-state index >= 15 is 0 Å². The average molecular weight is 270 g/mol. The van der Waals surface area contributed by atoms with Crippen molar-refractivity contribution in [2.75, 3.05) is 26.8 Å². The van der Waals surface area contributed by atoms with Crippen LogP contribution in [0.15, 0.2) is 17.5 Å². The van der Waals surface area contributed by atoms with Gasteiger partial charge in [-0.2, -0.15) is 0 Å². The average Bonchev–Trinajstić information content (AvgIpc) is 2.88. The summed E-state index contributed by atoms with van der Waals surface area (Å²) >= 11 is 1.66. The molecule has 0 saturated heterocycles. The van der Waals surface area contributed by atoms with Crippen molar-refractivity contribution in [1.82, 2.24) is 4.90 Å². The van der Waals surface area contributed by atoms with Gasteiger partial charge in [0.25, 0.3) is 0 Å². The molecule has 1 unspecified atom stereocenters. The molecule has 0 saturated carbocycles. The van der Waals surface area contributed by atoms with E-state index in [4.69, 9.17) is 10.5 Å². The number of carbonyl (C=O) groups excluding carboxylic acids is 1. The number of hydrogen-bond acceptors (Lipinski definition) is 4. The van der Waals surface area contributed by atoms with Crippen LogP contribution in [0, 0.1) is 5.92 Å². The Morgan fingerprint density at radius 3 is 2.89 bits per heavy atom. The molecule has 18 heavy (non-hydrogen) atoms. The molecular formula is C13H22N2O2S. The molecule has 0 aliphatic carbocycles. The molecular weight excluding hydrogens is 248 g/mol. The molecule has 0 radical (unpaired) electrons. The predicted octanol–water partition coefficient (Wildman–Crippen LogP) is 1.71. The fourth-order valence-electron chi connectivity index (χ4n) is 1.76. The lowest BCUT2D eigenvalue weighted by Crippen LogP contribution is -2.40. The molecule has 1 aromatic rings. The van der Waals surface area contributed by atoms with Gasteiger partial charge in [0, 0.05) is 25.1 Å². The molecule has 0 aliphatic rings. The first-order valence-corrected chi connectivity index (χ1v) is 7.11. The Morgan fingerprint density at radius 2 is 2.39 bits per heavy atom. The van der Waals surface area contributed by atoms with Crippen molar-refractivity contribution in [3.63, 3.8) is 0 Å². The highest BCUT2D eigenvalue weighted by atomic mass is 32.1. The second-order valence-corrected chi connectivity index (χ2v) is 5.21. The zero-order chi connectivity index (χ0) is 13.4. The fourth-order valence-corrected chi connectivity index (χ4v) is 2.48. The lowest BCUT2D eigenvalue weighted by Gasteiger charge is -2.25. The molecule has 1 rings (SSSR count). The third-order valence-corrected chi connectivity index (χ3v) is 3.79. The van der Waals surface area contributed by atoms with Crippen LogP contribution in [-0.2, 0) is 16.1 Å². The van der Waals surface area contributed by atoms with E-state index in [0.29, 0.717) is 26.2 Å². The molecule has 0 fully saturated rings. The fraction of sp³-hybridized carbons (Fsp3) is 0.615.